The quantitative estimate of drug-likeness (QED) is 0.471. The zero-order valence-electron chi connectivity index (χ0n) is 15.8. The largest absolute Gasteiger partial charge is 0.456 e. The van der Waals surface area contributed by atoms with Crippen molar-refractivity contribution in [2.24, 2.45) is 10.9 Å². The van der Waals surface area contributed by atoms with E-state index in [0.29, 0.717) is 5.58 Å². The van der Waals surface area contributed by atoms with Gasteiger partial charge >= 0.3 is 0 Å². The number of primary amides is 1. The Morgan fingerprint density at radius 2 is 1.42 bits per heavy atom. The molecule has 0 aliphatic carbocycles. The van der Waals surface area contributed by atoms with Gasteiger partial charge in [-0.3, -0.25) is 4.79 Å². The fraction of sp³-hybridized carbons (Fsp3) is 0. The van der Waals surface area contributed by atoms with Crippen molar-refractivity contribution in [2.45, 2.75) is 14.7 Å². The van der Waals surface area contributed by atoms with E-state index in [1.165, 1.54) is 24.3 Å². The van der Waals surface area contributed by atoms with E-state index in [0.717, 1.165) is 23.6 Å². The van der Waals surface area contributed by atoms with Gasteiger partial charge in [-0.05, 0) is 42.5 Å². The van der Waals surface area contributed by atoms with Gasteiger partial charge in [-0.25, -0.2) is 22.0 Å². The highest BCUT2D eigenvalue weighted by molar-refractivity contribution is 7.93. The van der Waals surface area contributed by atoms with Crippen LogP contribution in [0.5, 0.6) is 0 Å². The minimum absolute atomic E-state index is 0.0634. The van der Waals surface area contributed by atoms with E-state index < -0.39 is 35.6 Å². The van der Waals surface area contributed by atoms with Crippen LogP contribution in [0.3, 0.4) is 0 Å². The van der Waals surface area contributed by atoms with Crippen LogP contribution in [-0.2, 0) is 19.9 Å². The van der Waals surface area contributed by atoms with E-state index in [2.05, 4.69) is 0 Å². The Kier molecular flexibility index (Phi) is 4.92. The summed E-state index contributed by atoms with van der Waals surface area (Å²) in [6.45, 7) is 0. The third-order valence-corrected chi connectivity index (χ3v) is 7.64. The Labute approximate surface area is 178 Å². The molecule has 31 heavy (non-hydrogen) atoms. The van der Waals surface area contributed by atoms with Crippen LogP contribution in [0.2, 0.25) is 0 Å². The summed E-state index contributed by atoms with van der Waals surface area (Å²) in [6.07, 6.45) is 0. The van der Waals surface area contributed by atoms with E-state index in [-0.39, 0.29) is 21.8 Å². The Bertz CT molecular complexity index is 1520. The summed E-state index contributed by atoms with van der Waals surface area (Å²) in [6, 6.07) is 17.6. The number of para-hydroxylation sites is 1. The summed E-state index contributed by atoms with van der Waals surface area (Å²) in [5.41, 5.74) is 5.95. The second-order valence-electron chi connectivity index (χ2n) is 6.72. The fourth-order valence-corrected chi connectivity index (χ4v) is 6.10. The lowest BCUT2D eigenvalue weighted by Crippen LogP contribution is -2.18. The van der Waals surface area contributed by atoms with Gasteiger partial charge in [0, 0.05) is 16.5 Å². The molecule has 4 aromatic rings. The average Bonchev–Trinajstić information content (AvgIpc) is 3.17. The van der Waals surface area contributed by atoms with Gasteiger partial charge in [0.25, 0.3) is 0 Å². The standard InChI is InChI=1S/C21H16N2O6S2/c22-21(24)14-9-10-15(17-11-13-5-1-2-6-16(13)29-17)20(12-14)30(25,26)18-7-3-4-8-19(18)31(23,27)28/h1-12H,(H2,22,24)(H2,23,27,28). The maximum Gasteiger partial charge on any atom is 0.248 e. The molecule has 0 atom stereocenters. The van der Waals surface area contributed by atoms with Crippen LogP contribution >= 0.6 is 0 Å². The molecule has 0 aliphatic heterocycles. The number of furan rings is 1. The third-order valence-electron chi connectivity index (χ3n) is 4.69. The molecule has 158 valence electrons. The van der Waals surface area contributed by atoms with Crippen LogP contribution in [0.1, 0.15) is 10.4 Å². The highest BCUT2D eigenvalue weighted by Crippen LogP contribution is 2.36. The number of rotatable bonds is 5. The SMILES string of the molecule is NC(=O)c1ccc(-c2cc3ccccc3o2)c(S(=O)(=O)c2ccccc2S(N)(=O)=O)c1. The molecule has 1 aromatic heterocycles. The molecule has 0 aliphatic rings. The van der Waals surface area contributed by atoms with Gasteiger partial charge in [-0.15, -0.1) is 0 Å². The summed E-state index contributed by atoms with van der Waals surface area (Å²) in [5.74, 6) is -0.615. The number of carbonyl (C=O) groups excluding carboxylic acids is 1. The minimum Gasteiger partial charge on any atom is -0.456 e. The van der Waals surface area contributed by atoms with Gasteiger partial charge in [0.2, 0.25) is 25.8 Å². The number of sulfonamides is 1. The Hall–Kier alpha value is -3.47. The maximum absolute atomic E-state index is 13.6. The molecule has 4 N–H and O–H groups in total. The first kappa shape index (κ1) is 20.8. The molecule has 3 aromatic carbocycles. The lowest BCUT2D eigenvalue weighted by atomic mass is 10.1. The molecule has 0 bridgehead atoms. The zero-order valence-corrected chi connectivity index (χ0v) is 17.5. The Morgan fingerprint density at radius 3 is 2.06 bits per heavy atom. The Balaban J connectivity index is 2.04. The molecular weight excluding hydrogens is 440 g/mol. The first-order valence-electron chi connectivity index (χ1n) is 8.89. The molecule has 1 heterocycles. The Morgan fingerprint density at radius 1 is 0.774 bits per heavy atom. The summed E-state index contributed by atoms with van der Waals surface area (Å²) >= 11 is 0. The first-order valence-corrected chi connectivity index (χ1v) is 11.9. The van der Waals surface area contributed by atoms with Crippen LogP contribution in [0.4, 0.5) is 0 Å². The lowest BCUT2D eigenvalue weighted by Gasteiger charge is -2.13. The average molecular weight is 457 g/mol. The van der Waals surface area contributed by atoms with Crippen LogP contribution in [0.25, 0.3) is 22.3 Å². The molecule has 1 amide bonds. The number of primary sulfonamides is 1. The van der Waals surface area contributed by atoms with Crippen molar-refractivity contribution in [3.05, 3.63) is 78.4 Å². The first-order chi connectivity index (χ1) is 14.6. The minimum atomic E-state index is -4.45. The van der Waals surface area contributed by atoms with Crippen LogP contribution in [0, 0.1) is 0 Å². The third kappa shape index (κ3) is 3.72. The molecule has 8 nitrogen and oxygen atoms in total. The molecular formula is C21H16N2O6S2. The van der Waals surface area contributed by atoms with Crippen LogP contribution in [-0.4, -0.2) is 22.7 Å². The van der Waals surface area contributed by atoms with E-state index in [9.17, 15) is 21.6 Å². The van der Waals surface area contributed by atoms with E-state index in [4.69, 9.17) is 15.3 Å². The number of benzene rings is 3. The molecule has 0 fully saturated rings. The number of hydrogen-bond donors (Lipinski definition) is 2. The lowest BCUT2D eigenvalue weighted by molar-refractivity contribution is 0.1000. The number of hydrogen-bond acceptors (Lipinski definition) is 6. The number of amides is 1. The number of sulfone groups is 1. The normalized spacial score (nSPS) is 12.2. The second kappa shape index (κ2) is 7.34. The molecule has 0 spiro atoms. The molecule has 0 unspecified atom stereocenters. The van der Waals surface area contributed by atoms with Gasteiger partial charge < -0.3 is 10.2 Å². The summed E-state index contributed by atoms with van der Waals surface area (Å²) in [7, 11) is -8.80. The van der Waals surface area contributed by atoms with Crippen molar-refractivity contribution >= 4 is 36.7 Å². The zero-order chi connectivity index (χ0) is 22.4. The van der Waals surface area contributed by atoms with Crippen molar-refractivity contribution in [2.75, 3.05) is 0 Å². The van der Waals surface area contributed by atoms with Crippen molar-refractivity contribution in [3.8, 4) is 11.3 Å². The molecule has 0 radical (unpaired) electrons. The topological polar surface area (TPSA) is 151 Å². The number of nitrogens with two attached hydrogens (primary N) is 2. The second-order valence-corrected chi connectivity index (χ2v) is 10.1. The summed E-state index contributed by atoms with van der Waals surface area (Å²) in [4.78, 5) is 10.3. The van der Waals surface area contributed by atoms with Gasteiger partial charge in [-0.2, -0.15) is 0 Å². The van der Waals surface area contributed by atoms with Crippen molar-refractivity contribution in [1.29, 1.82) is 0 Å². The van der Waals surface area contributed by atoms with E-state index in [1.54, 1.807) is 30.3 Å². The summed E-state index contributed by atoms with van der Waals surface area (Å²) < 4.78 is 56.9. The molecule has 0 saturated heterocycles. The monoisotopic (exact) mass is 456 g/mol. The molecule has 4 rings (SSSR count). The molecule has 0 saturated carbocycles. The fourth-order valence-electron chi connectivity index (χ4n) is 3.24. The highest BCUT2D eigenvalue weighted by Gasteiger charge is 2.30. The smallest absolute Gasteiger partial charge is 0.248 e. The van der Waals surface area contributed by atoms with Gasteiger partial charge in [-0.1, -0.05) is 30.3 Å². The van der Waals surface area contributed by atoms with Crippen LogP contribution < -0.4 is 10.9 Å². The van der Waals surface area contributed by atoms with Gasteiger partial charge in [0.05, 0.1) is 9.79 Å². The van der Waals surface area contributed by atoms with E-state index >= 15 is 0 Å². The van der Waals surface area contributed by atoms with Crippen molar-refractivity contribution in [1.82, 2.24) is 0 Å². The predicted octanol–water partition coefficient (Wildman–Crippen LogP) is 2.68. The molecule has 10 heteroatoms. The predicted molar refractivity (Wildman–Crippen MR) is 113 cm³/mol. The summed E-state index contributed by atoms with van der Waals surface area (Å²) in [5, 5.41) is 5.97. The van der Waals surface area contributed by atoms with Gasteiger partial charge in [0.15, 0.2) is 0 Å². The highest BCUT2D eigenvalue weighted by atomic mass is 32.2. The maximum atomic E-state index is 13.6. The van der Waals surface area contributed by atoms with Crippen molar-refractivity contribution < 1.29 is 26.0 Å². The number of carbonyl (C=O) groups is 1. The number of fused-ring (bicyclic) bond motifs is 1. The van der Waals surface area contributed by atoms with Gasteiger partial charge in [0.1, 0.15) is 16.2 Å². The van der Waals surface area contributed by atoms with Crippen LogP contribution in [0.15, 0.2) is 91.9 Å². The van der Waals surface area contributed by atoms with Crippen molar-refractivity contribution in [3.63, 3.8) is 0 Å². The van der Waals surface area contributed by atoms with E-state index in [1.807, 2.05) is 0 Å².